The molecule has 9 rings (SSSR count). The third-order valence-corrected chi connectivity index (χ3v) is 9.69. The van der Waals surface area contributed by atoms with E-state index in [-0.39, 0.29) is 92.4 Å². The van der Waals surface area contributed by atoms with Gasteiger partial charge in [-0.1, -0.05) is 115 Å². The van der Waals surface area contributed by atoms with Crippen LogP contribution in [0.15, 0.2) is 120 Å². The summed E-state index contributed by atoms with van der Waals surface area (Å²) in [5, 5.41) is 0.671. The van der Waals surface area contributed by atoms with Gasteiger partial charge in [0.25, 0.3) is 0 Å². The van der Waals surface area contributed by atoms with Gasteiger partial charge in [0, 0.05) is 63.9 Å². The molecule has 3 heterocycles. The molecule has 1 aliphatic carbocycles. The molecule has 1 saturated carbocycles. The molecule has 1 fully saturated rings. The van der Waals surface area contributed by atoms with Crippen LogP contribution >= 0.6 is 0 Å². The molecular formula is C51H46IrN2O-2. The fourth-order valence-electron chi connectivity index (χ4n) is 6.99. The second-order valence-corrected chi connectivity index (χ2v) is 13.3. The van der Waals surface area contributed by atoms with Crippen LogP contribution in [0.1, 0.15) is 96.6 Å². The van der Waals surface area contributed by atoms with Crippen molar-refractivity contribution in [3.05, 3.63) is 167 Å². The van der Waals surface area contributed by atoms with Crippen LogP contribution in [0.25, 0.3) is 66.7 Å². The molecule has 0 atom stereocenters. The number of nitrogens with zero attached hydrogens (tertiary/aromatic N) is 2. The fraction of sp³-hybridized carbons (Fsp3) is 0.216. The Kier molecular flexibility index (Phi) is 6.29. The minimum absolute atomic E-state index is 0. The fourth-order valence-corrected chi connectivity index (χ4v) is 6.99. The van der Waals surface area contributed by atoms with Crippen LogP contribution in [0.2, 0.25) is 0 Å². The zero-order valence-corrected chi connectivity index (χ0v) is 31.8. The number of hydrogen-bond acceptors (Lipinski definition) is 3. The summed E-state index contributed by atoms with van der Waals surface area (Å²) in [7, 11) is 0. The number of fused-ring (bicyclic) bond motifs is 3. The molecule has 0 spiro atoms. The van der Waals surface area contributed by atoms with Crippen molar-refractivity contribution in [2.75, 3.05) is 0 Å². The van der Waals surface area contributed by atoms with Crippen molar-refractivity contribution in [2.24, 2.45) is 0 Å². The van der Waals surface area contributed by atoms with Gasteiger partial charge in [0.15, 0.2) is 0 Å². The van der Waals surface area contributed by atoms with Crippen LogP contribution in [-0.2, 0) is 20.1 Å². The van der Waals surface area contributed by atoms with Gasteiger partial charge < -0.3 is 14.4 Å². The summed E-state index contributed by atoms with van der Waals surface area (Å²) in [5.41, 5.74) is 3.57. The maximum atomic E-state index is 8.94. The van der Waals surface area contributed by atoms with E-state index < -0.39 is 47.0 Å². The summed E-state index contributed by atoms with van der Waals surface area (Å²) in [4.78, 5) is 8.62. The van der Waals surface area contributed by atoms with Crippen molar-refractivity contribution >= 4 is 21.9 Å². The van der Waals surface area contributed by atoms with Crippen LogP contribution in [0.4, 0.5) is 0 Å². The normalized spacial score (nSPS) is 19.8. The molecule has 0 amide bonds. The van der Waals surface area contributed by atoms with E-state index in [2.05, 4.69) is 22.1 Å². The molecule has 4 heteroatoms. The van der Waals surface area contributed by atoms with Crippen molar-refractivity contribution < 1.29 is 50.6 Å². The maximum Gasteiger partial charge on any atom is 0.123 e. The molecule has 5 aromatic carbocycles. The molecule has 277 valence electrons. The van der Waals surface area contributed by atoms with Crippen LogP contribution < -0.4 is 0 Å². The average molecular weight is 914 g/mol. The average Bonchev–Trinajstić information content (AvgIpc) is 3.94. The van der Waals surface area contributed by atoms with Crippen LogP contribution in [0, 0.1) is 53.2 Å². The van der Waals surface area contributed by atoms with Crippen molar-refractivity contribution in [2.45, 2.75) is 72.7 Å². The topological polar surface area (TPSA) is 38.9 Å². The van der Waals surface area contributed by atoms with Crippen molar-refractivity contribution in [3.63, 3.8) is 0 Å². The van der Waals surface area contributed by atoms with E-state index in [4.69, 9.17) is 30.5 Å². The number of benzene rings is 5. The van der Waals surface area contributed by atoms with Gasteiger partial charge in [-0.3, -0.25) is 0 Å². The van der Waals surface area contributed by atoms with E-state index in [1.807, 2.05) is 30.3 Å². The minimum atomic E-state index is -2.70. The third-order valence-electron chi connectivity index (χ3n) is 9.69. The summed E-state index contributed by atoms with van der Waals surface area (Å²) >= 11 is 0. The zero-order valence-electron chi connectivity index (χ0n) is 48.4. The molecule has 0 bridgehead atoms. The standard InChI is InChI=1S/C32H30NO.C19H16N.Ir/c1-19-14-21(3)31-29(15-19)26-10-7-11-27(32(26)34-31)30-17-28(22(4)18-33-30)25-13-12-24(16-20(25)2)23-8-5-6-9-23;1-14-8-11-19(20-13-14)17-10-9-15(2)18(12-17)16-6-4-3-5-7-16;/h7,10,12-18,23H,5-6,8-9H2,1-4H3;3-9,11-13H,1-2H3;/q2*-1;/i1D3,2D3,3D3,4D3,23D;1D3,2D3;. The first kappa shape index (κ1) is 21.2. The number of pyridine rings is 2. The molecule has 1 aliphatic rings. The molecule has 1 radical (unpaired) electrons. The van der Waals surface area contributed by atoms with Crippen LogP contribution in [-0.4, -0.2) is 9.97 Å². The van der Waals surface area contributed by atoms with E-state index in [0.29, 0.717) is 40.6 Å². The number of hydrogen-bond donors (Lipinski definition) is 0. The van der Waals surface area contributed by atoms with Gasteiger partial charge in [0.1, 0.15) is 5.58 Å². The summed E-state index contributed by atoms with van der Waals surface area (Å²) in [6.45, 7) is -15.1. The number of furan rings is 1. The summed E-state index contributed by atoms with van der Waals surface area (Å²) in [6, 6.07) is 33.4. The third kappa shape index (κ3) is 7.85. The Balaban J connectivity index is 0.000000251. The molecule has 0 saturated heterocycles. The van der Waals surface area contributed by atoms with E-state index in [1.54, 1.807) is 36.4 Å². The summed E-state index contributed by atoms with van der Waals surface area (Å²) in [5.74, 6) is -0.923. The second-order valence-electron chi connectivity index (χ2n) is 13.3. The number of aromatic nitrogens is 2. The predicted molar refractivity (Wildman–Crippen MR) is 225 cm³/mol. The Morgan fingerprint density at radius 1 is 0.636 bits per heavy atom. The minimum Gasteiger partial charge on any atom is -0.500 e. The first-order valence-electron chi connectivity index (χ1n) is 27.0. The molecule has 3 nitrogen and oxygen atoms in total. The molecule has 0 aliphatic heterocycles. The van der Waals surface area contributed by atoms with Gasteiger partial charge in [-0.2, -0.15) is 0 Å². The van der Waals surface area contributed by atoms with Gasteiger partial charge in [0.05, 0.1) is 5.58 Å². The predicted octanol–water partition coefficient (Wildman–Crippen LogP) is 13.8. The van der Waals surface area contributed by atoms with Gasteiger partial charge >= 0.3 is 0 Å². The Labute approximate surface area is 366 Å². The van der Waals surface area contributed by atoms with E-state index in [9.17, 15) is 0 Å². The Hall–Kier alpha value is -5.15. The second kappa shape index (κ2) is 16.3. The Bertz CT molecular complexity index is 3330. The van der Waals surface area contributed by atoms with Gasteiger partial charge in [-0.25, -0.2) is 0 Å². The van der Waals surface area contributed by atoms with Crippen LogP contribution in [0.3, 0.4) is 0 Å². The van der Waals surface area contributed by atoms with Gasteiger partial charge in [-0.15, -0.1) is 47.5 Å². The number of aryl methyl sites for hydroxylation is 6. The van der Waals surface area contributed by atoms with Gasteiger partial charge in [-0.05, 0) is 115 Å². The first-order valence-corrected chi connectivity index (χ1v) is 17.5. The molecule has 3 aromatic heterocycles. The quantitative estimate of drug-likeness (QED) is 0.162. The number of rotatable bonds is 5. The Morgan fingerprint density at radius 2 is 1.45 bits per heavy atom. The zero-order chi connectivity index (χ0) is 53.3. The Morgan fingerprint density at radius 3 is 2.22 bits per heavy atom. The molecular weight excluding hydrogens is 849 g/mol. The maximum absolute atomic E-state index is 8.94. The van der Waals surface area contributed by atoms with Gasteiger partial charge in [0.2, 0.25) is 0 Å². The smallest absolute Gasteiger partial charge is 0.123 e. The molecule has 8 aromatic rings. The van der Waals surface area contributed by atoms with E-state index >= 15 is 0 Å². The van der Waals surface area contributed by atoms with E-state index in [0.717, 1.165) is 30.7 Å². The first-order chi connectivity index (χ1) is 33.8. The molecule has 0 unspecified atom stereocenters. The molecule has 0 N–H and O–H groups in total. The largest absolute Gasteiger partial charge is 0.500 e. The van der Waals surface area contributed by atoms with Crippen molar-refractivity contribution in [3.8, 4) is 44.8 Å². The van der Waals surface area contributed by atoms with Crippen molar-refractivity contribution in [1.82, 2.24) is 9.97 Å². The van der Waals surface area contributed by atoms with Crippen molar-refractivity contribution in [1.29, 1.82) is 0 Å². The monoisotopic (exact) mass is 914 g/mol. The van der Waals surface area contributed by atoms with Crippen LogP contribution in [0.5, 0.6) is 0 Å². The summed E-state index contributed by atoms with van der Waals surface area (Å²) < 4.78 is 158. The van der Waals surface area contributed by atoms with E-state index in [1.165, 1.54) is 36.5 Å². The molecule has 55 heavy (non-hydrogen) atoms. The summed E-state index contributed by atoms with van der Waals surface area (Å²) in [6.07, 6.45) is 5.40. The SMILES string of the molecule is [2H]C([2H])([2H])c1cc(C([2H])([2H])[2H])c2oc3c(-c4cc(-c5ccc(C6([2H])CCCC6)cc5C([2H])([2H])[2H])c(C([2H])([2H])[2H])cn4)[c-]ccc3c2c1.[2H]C([2H])([2H])c1ccc(-c2[c-]cc(C([2H])([2H])[2H])c(-c3ccccc3)c2)nc1.[Ir].